The summed E-state index contributed by atoms with van der Waals surface area (Å²) in [5.74, 6) is 3.40. The lowest BCUT2D eigenvalue weighted by molar-refractivity contribution is -0.138. The second-order valence-corrected chi connectivity index (χ2v) is 9.22. The van der Waals surface area contributed by atoms with Crippen molar-refractivity contribution < 1.29 is 23.1 Å². The van der Waals surface area contributed by atoms with E-state index in [1.807, 2.05) is 0 Å². The third-order valence-electron chi connectivity index (χ3n) is 4.93. The number of hydrazone groups is 1. The number of sulfonamides is 1. The average molecular weight is 508 g/mol. The van der Waals surface area contributed by atoms with Gasteiger partial charge in [0.15, 0.2) is 0 Å². The van der Waals surface area contributed by atoms with E-state index in [2.05, 4.69) is 20.5 Å². The Morgan fingerprint density at radius 2 is 1.69 bits per heavy atom. The van der Waals surface area contributed by atoms with Crippen molar-refractivity contribution in [2.45, 2.75) is 12.5 Å². The van der Waals surface area contributed by atoms with Crippen LogP contribution in [0.15, 0.2) is 89.4 Å². The Kier molecular flexibility index (Phi) is 8.92. The predicted octanol–water partition coefficient (Wildman–Crippen LogP) is 2.84. The number of carbonyl (C=O) groups excluding carboxylic acids is 1. The van der Waals surface area contributed by atoms with Gasteiger partial charge >= 0.3 is 5.97 Å². The minimum atomic E-state index is -4.00. The van der Waals surface area contributed by atoms with Crippen LogP contribution < -0.4 is 21.2 Å². The molecule has 1 unspecified atom stereocenters. The summed E-state index contributed by atoms with van der Waals surface area (Å²) >= 11 is 0. The van der Waals surface area contributed by atoms with Gasteiger partial charge < -0.3 is 21.6 Å². The highest BCUT2D eigenvalue weighted by molar-refractivity contribution is 7.92. The SMILES string of the molecule is NN=CNc1cccc(C(=O)Nc2ccc(CC(NS(=O)(=O)C=Cc3ccccc3)C(=O)O)cc2)c1. The lowest BCUT2D eigenvalue weighted by Crippen LogP contribution is -2.41. The molecular formula is C25H25N5O5S. The highest BCUT2D eigenvalue weighted by atomic mass is 32.2. The zero-order valence-corrected chi connectivity index (χ0v) is 19.9. The van der Waals surface area contributed by atoms with Crippen LogP contribution >= 0.6 is 0 Å². The number of anilines is 2. The van der Waals surface area contributed by atoms with Gasteiger partial charge in [0, 0.05) is 22.3 Å². The molecule has 3 aromatic rings. The Morgan fingerprint density at radius 1 is 0.972 bits per heavy atom. The fraction of sp³-hybridized carbons (Fsp3) is 0.0800. The number of hydrogen-bond donors (Lipinski definition) is 5. The van der Waals surface area contributed by atoms with Crippen LogP contribution in [0.2, 0.25) is 0 Å². The summed E-state index contributed by atoms with van der Waals surface area (Å²) in [5, 5.41) is 19.4. The van der Waals surface area contributed by atoms with Crippen molar-refractivity contribution >= 4 is 45.7 Å². The number of rotatable bonds is 11. The molecular weight excluding hydrogens is 482 g/mol. The van der Waals surface area contributed by atoms with E-state index in [0.29, 0.717) is 28.1 Å². The number of carbonyl (C=O) groups is 2. The van der Waals surface area contributed by atoms with Gasteiger partial charge in [-0.1, -0.05) is 48.5 Å². The second-order valence-electron chi connectivity index (χ2n) is 7.63. The smallest absolute Gasteiger partial charge is 0.322 e. The Hall–Kier alpha value is -4.48. The molecule has 3 rings (SSSR count). The molecule has 1 amide bonds. The van der Waals surface area contributed by atoms with Crippen molar-refractivity contribution in [3.8, 4) is 0 Å². The number of carboxylic acid groups (broad SMARTS) is 1. The van der Waals surface area contributed by atoms with Gasteiger partial charge in [-0.25, -0.2) is 8.42 Å². The van der Waals surface area contributed by atoms with E-state index in [1.54, 1.807) is 78.9 Å². The van der Waals surface area contributed by atoms with E-state index in [4.69, 9.17) is 5.84 Å². The van der Waals surface area contributed by atoms with Crippen molar-refractivity contribution in [2.75, 3.05) is 10.6 Å². The van der Waals surface area contributed by atoms with Gasteiger partial charge in [-0.2, -0.15) is 9.82 Å². The maximum atomic E-state index is 12.6. The summed E-state index contributed by atoms with van der Waals surface area (Å²) in [7, 11) is -4.00. The van der Waals surface area contributed by atoms with Crippen LogP contribution in [-0.4, -0.2) is 37.8 Å². The fourth-order valence-corrected chi connectivity index (χ4v) is 4.17. The second kappa shape index (κ2) is 12.3. The quantitative estimate of drug-likeness (QED) is 0.115. The number of carboxylic acids is 1. The maximum Gasteiger partial charge on any atom is 0.322 e. The van der Waals surface area contributed by atoms with E-state index in [9.17, 15) is 23.1 Å². The average Bonchev–Trinajstić information content (AvgIpc) is 2.87. The number of nitrogens with one attached hydrogen (secondary N) is 3. The first-order valence-corrected chi connectivity index (χ1v) is 12.3. The number of benzene rings is 3. The van der Waals surface area contributed by atoms with Crippen LogP contribution in [0.3, 0.4) is 0 Å². The highest BCUT2D eigenvalue weighted by Crippen LogP contribution is 2.15. The van der Waals surface area contributed by atoms with E-state index < -0.39 is 22.0 Å². The summed E-state index contributed by atoms with van der Waals surface area (Å²) in [6.07, 6.45) is 2.59. The molecule has 10 nitrogen and oxygen atoms in total. The number of aliphatic carboxylic acids is 1. The van der Waals surface area contributed by atoms with E-state index in [-0.39, 0.29) is 12.3 Å². The molecule has 11 heteroatoms. The molecule has 0 aliphatic rings. The molecule has 0 aliphatic carbocycles. The zero-order chi connectivity index (χ0) is 26.0. The minimum Gasteiger partial charge on any atom is -0.480 e. The third kappa shape index (κ3) is 8.08. The van der Waals surface area contributed by atoms with Gasteiger partial charge in [-0.05, 0) is 54.0 Å². The number of amides is 1. The van der Waals surface area contributed by atoms with Gasteiger partial charge in [0.05, 0.1) is 0 Å². The summed E-state index contributed by atoms with van der Waals surface area (Å²) < 4.78 is 26.9. The third-order valence-corrected chi connectivity index (χ3v) is 6.03. The molecule has 186 valence electrons. The number of nitrogens with two attached hydrogens (primary N) is 1. The standard InChI is InChI=1S/C25H25N5O5S/c26-28-17-27-22-8-4-7-20(16-22)24(31)29-21-11-9-19(10-12-21)15-23(25(32)33)30-36(34,35)14-13-18-5-2-1-3-6-18/h1-14,16-17,23,30H,15,26H2,(H,27,28)(H,29,31)(H,32,33). The lowest BCUT2D eigenvalue weighted by Gasteiger charge is -2.14. The Bertz CT molecular complexity index is 1360. The molecule has 6 N–H and O–H groups in total. The van der Waals surface area contributed by atoms with Gasteiger partial charge in [-0.15, -0.1) is 0 Å². The molecule has 3 aromatic carbocycles. The topological polar surface area (TPSA) is 163 Å². The van der Waals surface area contributed by atoms with Crippen molar-refractivity contribution in [1.29, 1.82) is 0 Å². The van der Waals surface area contributed by atoms with Crippen LogP contribution in [0.1, 0.15) is 21.5 Å². The van der Waals surface area contributed by atoms with Crippen molar-refractivity contribution in [3.05, 3.63) is 101 Å². The Balaban J connectivity index is 1.63. The van der Waals surface area contributed by atoms with Crippen molar-refractivity contribution in [3.63, 3.8) is 0 Å². The highest BCUT2D eigenvalue weighted by Gasteiger charge is 2.23. The molecule has 0 radical (unpaired) electrons. The van der Waals surface area contributed by atoms with Crippen LogP contribution in [0.25, 0.3) is 6.08 Å². The summed E-state index contributed by atoms with van der Waals surface area (Å²) in [5.41, 5.74) is 2.76. The molecule has 0 saturated carbocycles. The van der Waals surface area contributed by atoms with E-state index >= 15 is 0 Å². The number of hydrogen-bond acceptors (Lipinski definition) is 6. The van der Waals surface area contributed by atoms with Gasteiger partial charge in [-0.3, -0.25) is 9.59 Å². The van der Waals surface area contributed by atoms with E-state index in [0.717, 1.165) is 5.41 Å². The first-order chi connectivity index (χ1) is 17.3. The van der Waals surface area contributed by atoms with Gasteiger partial charge in [0.1, 0.15) is 12.4 Å². The first-order valence-electron chi connectivity index (χ1n) is 10.7. The largest absolute Gasteiger partial charge is 0.480 e. The summed E-state index contributed by atoms with van der Waals surface area (Å²) in [4.78, 5) is 24.2. The van der Waals surface area contributed by atoms with Crippen molar-refractivity contribution in [1.82, 2.24) is 4.72 Å². The molecule has 0 aromatic heterocycles. The van der Waals surface area contributed by atoms with Crippen LogP contribution in [0.4, 0.5) is 11.4 Å². The molecule has 0 saturated heterocycles. The summed E-state index contributed by atoms with van der Waals surface area (Å²) in [6.45, 7) is 0. The number of nitrogens with zero attached hydrogens (tertiary/aromatic N) is 1. The molecule has 36 heavy (non-hydrogen) atoms. The van der Waals surface area contributed by atoms with Gasteiger partial charge in [0.2, 0.25) is 10.0 Å². The molecule has 0 fully saturated rings. The molecule has 0 aliphatic heterocycles. The van der Waals surface area contributed by atoms with E-state index in [1.165, 1.54) is 12.4 Å². The minimum absolute atomic E-state index is 0.0849. The van der Waals surface area contributed by atoms with Crippen LogP contribution in [-0.2, 0) is 21.2 Å². The monoisotopic (exact) mass is 507 g/mol. The zero-order valence-electron chi connectivity index (χ0n) is 19.0. The maximum absolute atomic E-state index is 12.6. The molecule has 0 spiro atoms. The normalized spacial score (nSPS) is 12.4. The summed E-state index contributed by atoms with van der Waals surface area (Å²) in [6, 6.07) is 20.6. The lowest BCUT2D eigenvalue weighted by atomic mass is 10.1. The Morgan fingerprint density at radius 3 is 2.36 bits per heavy atom. The molecule has 1 atom stereocenters. The molecule has 0 heterocycles. The van der Waals surface area contributed by atoms with Crippen LogP contribution in [0.5, 0.6) is 0 Å². The predicted molar refractivity (Wildman–Crippen MR) is 140 cm³/mol. The van der Waals surface area contributed by atoms with Crippen molar-refractivity contribution in [2.24, 2.45) is 10.9 Å². The fourth-order valence-electron chi connectivity index (χ4n) is 3.17. The molecule has 0 bridgehead atoms. The van der Waals surface area contributed by atoms with Gasteiger partial charge in [0.25, 0.3) is 5.91 Å². The Labute approximate surface area is 208 Å². The first kappa shape index (κ1) is 26.1. The van der Waals surface area contributed by atoms with Crippen LogP contribution in [0, 0.1) is 0 Å².